The third-order valence-electron chi connectivity index (χ3n) is 6.10. The van der Waals surface area contributed by atoms with Gasteiger partial charge in [0.2, 0.25) is 0 Å². The largest absolute Gasteiger partial charge is 0.478 e. The first kappa shape index (κ1) is 27.8. The molecule has 0 fully saturated rings. The SMILES string of the molecule is CC(C)(C)CC(OC(=O)CN)C(OC(=O)CN)(C(=O)O)C(=O)OCC1c2ccccc2-c2ccccc21. The average Bonchev–Trinajstić information content (AvgIpc) is 3.17. The number of nitrogens with two attached hydrogens (primary N) is 2. The van der Waals surface area contributed by atoms with Crippen LogP contribution in [-0.4, -0.2) is 60.4 Å². The van der Waals surface area contributed by atoms with Gasteiger partial charge in [-0.1, -0.05) is 69.3 Å². The molecule has 5 N–H and O–H groups in total. The van der Waals surface area contributed by atoms with Crippen LogP contribution in [0.2, 0.25) is 0 Å². The maximum Gasteiger partial charge on any atom is 0.366 e. The second-order valence-electron chi connectivity index (χ2n) is 9.99. The van der Waals surface area contributed by atoms with Crippen LogP contribution in [0.25, 0.3) is 11.1 Å². The molecule has 0 bridgehead atoms. The average molecular weight is 513 g/mol. The van der Waals surface area contributed by atoms with Gasteiger partial charge in [0.05, 0.1) is 13.1 Å². The number of ether oxygens (including phenoxy) is 3. The first-order valence-corrected chi connectivity index (χ1v) is 11.8. The molecule has 1 aliphatic carbocycles. The Labute approximate surface area is 214 Å². The van der Waals surface area contributed by atoms with Crippen LogP contribution in [0, 0.1) is 5.41 Å². The summed E-state index contributed by atoms with van der Waals surface area (Å²) in [6, 6.07) is 15.2. The predicted molar refractivity (Wildman–Crippen MR) is 133 cm³/mol. The Morgan fingerprint density at radius 2 is 1.41 bits per heavy atom. The van der Waals surface area contributed by atoms with Crippen LogP contribution in [0.5, 0.6) is 0 Å². The fourth-order valence-corrected chi connectivity index (χ4v) is 4.47. The number of hydrogen-bond donors (Lipinski definition) is 3. The molecule has 2 atom stereocenters. The minimum absolute atomic E-state index is 0.160. The van der Waals surface area contributed by atoms with Crippen molar-refractivity contribution in [2.45, 2.75) is 44.8 Å². The number of rotatable bonds is 10. The van der Waals surface area contributed by atoms with E-state index >= 15 is 0 Å². The standard InChI is InChI=1S/C27H32N2O8/c1-26(2,3)12-21(36-22(30)13-28)27(24(32)33,37-23(31)14-29)25(34)35-15-20-18-10-6-4-8-16(18)17-9-5-7-11-19(17)20/h4-11,20-21H,12-15,28-29H2,1-3H3,(H,32,33). The number of hydrogen-bond acceptors (Lipinski definition) is 9. The minimum atomic E-state index is -2.99. The van der Waals surface area contributed by atoms with Gasteiger partial charge in [-0.2, -0.15) is 0 Å². The third-order valence-corrected chi connectivity index (χ3v) is 6.10. The first-order chi connectivity index (χ1) is 17.4. The molecule has 37 heavy (non-hydrogen) atoms. The number of benzene rings is 2. The molecule has 10 nitrogen and oxygen atoms in total. The number of carbonyl (C=O) groups is 4. The molecule has 2 aromatic carbocycles. The molecule has 198 valence electrons. The summed E-state index contributed by atoms with van der Waals surface area (Å²) in [5.74, 6) is -5.79. The summed E-state index contributed by atoms with van der Waals surface area (Å²) in [5, 5.41) is 10.3. The smallest absolute Gasteiger partial charge is 0.366 e. The van der Waals surface area contributed by atoms with Gasteiger partial charge in [-0.15, -0.1) is 0 Å². The topological polar surface area (TPSA) is 168 Å². The van der Waals surface area contributed by atoms with Crippen LogP contribution in [-0.2, 0) is 33.4 Å². The summed E-state index contributed by atoms with van der Waals surface area (Å²) in [7, 11) is 0. The van der Waals surface area contributed by atoms with Gasteiger partial charge in [0.25, 0.3) is 0 Å². The van der Waals surface area contributed by atoms with E-state index in [0.29, 0.717) is 0 Å². The van der Waals surface area contributed by atoms with E-state index in [0.717, 1.165) is 22.3 Å². The lowest BCUT2D eigenvalue weighted by molar-refractivity contribution is -0.213. The summed E-state index contributed by atoms with van der Waals surface area (Å²) in [6.45, 7) is 3.70. The van der Waals surface area contributed by atoms with Crippen molar-refractivity contribution in [2.75, 3.05) is 19.7 Å². The molecule has 0 aromatic heterocycles. The molecule has 1 aliphatic rings. The molecule has 0 saturated heterocycles. The number of esters is 3. The maximum atomic E-state index is 13.6. The second kappa shape index (κ2) is 11.1. The lowest BCUT2D eigenvalue weighted by Gasteiger charge is -2.36. The Bertz CT molecular complexity index is 1140. The van der Waals surface area contributed by atoms with Crippen molar-refractivity contribution in [3.63, 3.8) is 0 Å². The van der Waals surface area contributed by atoms with Gasteiger partial charge < -0.3 is 30.8 Å². The first-order valence-electron chi connectivity index (χ1n) is 11.8. The van der Waals surface area contributed by atoms with Crippen LogP contribution in [0.15, 0.2) is 48.5 Å². The van der Waals surface area contributed by atoms with Crippen LogP contribution < -0.4 is 11.5 Å². The Kier molecular flexibility index (Phi) is 8.35. The number of carboxylic acids is 1. The van der Waals surface area contributed by atoms with Crippen LogP contribution in [0.1, 0.15) is 44.2 Å². The van der Waals surface area contributed by atoms with Crippen molar-refractivity contribution in [3.8, 4) is 11.1 Å². The van der Waals surface area contributed by atoms with E-state index in [1.807, 2.05) is 48.5 Å². The molecule has 2 aromatic rings. The van der Waals surface area contributed by atoms with Crippen molar-refractivity contribution >= 4 is 23.9 Å². The van der Waals surface area contributed by atoms with Gasteiger partial charge in [0.1, 0.15) is 6.61 Å². The van der Waals surface area contributed by atoms with E-state index in [9.17, 15) is 24.3 Å². The summed E-state index contributed by atoms with van der Waals surface area (Å²) in [5.41, 5.74) is 10.8. The normalized spacial score (nSPS) is 15.1. The summed E-state index contributed by atoms with van der Waals surface area (Å²) >= 11 is 0. The van der Waals surface area contributed by atoms with Gasteiger partial charge in [0, 0.05) is 5.92 Å². The molecule has 2 unspecified atom stereocenters. The van der Waals surface area contributed by atoms with Crippen LogP contribution in [0.3, 0.4) is 0 Å². The Balaban J connectivity index is 2.01. The molecule has 0 heterocycles. The number of aliphatic carboxylic acids is 1. The summed E-state index contributed by atoms with van der Waals surface area (Å²) in [6.07, 6.45) is -1.89. The van der Waals surface area contributed by atoms with E-state index < -0.39 is 54.1 Å². The Hall–Kier alpha value is -3.76. The number of carbonyl (C=O) groups excluding carboxylic acids is 3. The van der Waals surface area contributed by atoms with E-state index in [-0.39, 0.29) is 18.9 Å². The second-order valence-corrected chi connectivity index (χ2v) is 9.99. The Morgan fingerprint density at radius 3 is 1.86 bits per heavy atom. The molecule has 3 rings (SSSR count). The maximum absolute atomic E-state index is 13.6. The number of fused-ring (bicyclic) bond motifs is 3. The minimum Gasteiger partial charge on any atom is -0.478 e. The van der Waals surface area contributed by atoms with Gasteiger partial charge in [0.15, 0.2) is 6.10 Å². The highest BCUT2D eigenvalue weighted by molar-refractivity contribution is 6.05. The summed E-state index contributed by atoms with van der Waals surface area (Å²) in [4.78, 5) is 50.7. The lowest BCUT2D eigenvalue weighted by Crippen LogP contribution is -2.62. The van der Waals surface area contributed by atoms with E-state index in [1.54, 1.807) is 20.8 Å². The Morgan fingerprint density at radius 1 is 0.892 bits per heavy atom. The lowest BCUT2D eigenvalue weighted by atomic mass is 9.82. The molecule has 0 spiro atoms. The quantitative estimate of drug-likeness (QED) is 0.243. The third kappa shape index (κ3) is 5.81. The zero-order valence-corrected chi connectivity index (χ0v) is 21.1. The van der Waals surface area contributed by atoms with Crippen molar-refractivity contribution in [2.24, 2.45) is 16.9 Å². The molecule has 0 saturated carbocycles. The zero-order chi connectivity index (χ0) is 27.4. The van der Waals surface area contributed by atoms with Crippen molar-refractivity contribution in [1.82, 2.24) is 0 Å². The highest BCUT2D eigenvalue weighted by atomic mass is 16.6. The van der Waals surface area contributed by atoms with Gasteiger partial charge in [-0.25, -0.2) is 9.59 Å². The van der Waals surface area contributed by atoms with E-state index in [4.69, 9.17) is 25.7 Å². The zero-order valence-electron chi connectivity index (χ0n) is 21.1. The fraction of sp³-hybridized carbons (Fsp3) is 0.407. The summed E-state index contributed by atoms with van der Waals surface area (Å²) < 4.78 is 16.0. The number of carboxylic acid groups (broad SMARTS) is 1. The molecule has 0 aliphatic heterocycles. The highest BCUT2D eigenvalue weighted by Gasteiger charge is 2.61. The molecule has 0 radical (unpaired) electrons. The van der Waals surface area contributed by atoms with E-state index in [1.165, 1.54) is 0 Å². The van der Waals surface area contributed by atoms with Gasteiger partial charge in [-0.05, 0) is 34.1 Å². The fourth-order valence-electron chi connectivity index (χ4n) is 4.47. The van der Waals surface area contributed by atoms with Crippen LogP contribution in [0.4, 0.5) is 0 Å². The van der Waals surface area contributed by atoms with Gasteiger partial charge in [-0.3, -0.25) is 9.59 Å². The molecular formula is C27H32N2O8. The molecular weight excluding hydrogens is 480 g/mol. The van der Waals surface area contributed by atoms with Gasteiger partial charge >= 0.3 is 29.5 Å². The monoisotopic (exact) mass is 512 g/mol. The van der Waals surface area contributed by atoms with Crippen LogP contribution >= 0.6 is 0 Å². The van der Waals surface area contributed by atoms with Crippen molar-refractivity contribution in [1.29, 1.82) is 0 Å². The predicted octanol–water partition coefficient (Wildman–Crippen LogP) is 1.97. The molecule has 10 heteroatoms. The van der Waals surface area contributed by atoms with E-state index in [2.05, 4.69) is 0 Å². The van der Waals surface area contributed by atoms with Crippen molar-refractivity contribution < 1.29 is 38.5 Å². The highest BCUT2D eigenvalue weighted by Crippen LogP contribution is 2.45. The molecule has 0 amide bonds. The van der Waals surface area contributed by atoms with Crippen molar-refractivity contribution in [3.05, 3.63) is 59.7 Å².